The summed E-state index contributed by atoms with van der Waals surface area (Å²) in [7, 11) is 0. The number of hydrogen-bond acceptors (Lipinski definition) is 2. The number of fused-ring (bicyclic) bond motifs is 1. The van der Waals surface area contributed by atoms with Gasteiger partial charge in [-0.2, -0.15) is 5.26 Å². The van der Waals surface area contributed by atoms with Gasteiger partial charge in [0.25, 0.3) is 0 Å². The molecule has 0 fully saturated rings. The van der Waals surface area contributed by atoms with E-state index in [0.29, 0.717) is 11.1 Å². The number of nitrogens with zero attached hydrogens (tertiary/aromatic N) is 1. The van der Waals surface area contributed by atoms with E-state index >= 15 is 0 Å². The fourth-order valence-electron chi connectivity index (χ4n) is 2.06. The number of aromatic hydroxyl groups is 1. The maximum Gasteiger partial charge on any atom is 0.116 e. The molecule has 0 saturated heterocycles. The van der Waals surface area contributed by atoms with Crippen molar-refractivity contribution in [3.63, 3.8) is 0 Å². The number of terminal acetylenes is 1. The summed E-state index contributed by atoms with van der Waals surface area (Å²) in [6.07, 6.45) is 6.25. The number of hydrogen-bond donors (Lipinski definition) is 1. The van der Waals surface area contributed by atoms with E-state index in [1.807, 2.05) is 26.8 Å². The molecule has 0 radical (unpaired) electrons. The predicted molar refractivity (Wildman–Crippen MR) is 79.0 cm³/mol. The van der Waals surface area contributed by atoms with Gasteiger partial charge in [0, 0.05) is 5.39 Å². The van der Waals surface area contributed by atoms with Crippen LogP contribution in [0.5, 0.6) is 5.75 Å². The molecule has 96 valence electrons. The van der Waals surface area contributed by atoms with Crippen molar-refractivity contribution in [2.24, 2.45) is 0 Å². The smallest absolute Gasteiger partial charge is 0.116 e. The average Bonchev–Trinajstić information content (AvgIpc) is 2.46. The standard InChI is InChI=1S/C15H11NO.C2H6/c1-3-10-7-13(17)8-11-5-6-12(9-16)14(4-2)15(10)11;1-2/h2,5-8,17H,3H2,1H3;1-2H3. The Morgan fingerprint density at radius 1 is 1.26 bits per heavy atom. The summed E-state index contributed by atoms with van der Waals surface area (Å²) in [6.45, 7) is 5.99. The summed E-state index contributed by atoms with van der Waals surface area (Å²) in [5, 5.41) is 20.4. The van der Waals surface area contributed by atoms with Gasteiger partial charge in [-0.15, -0.1) is 6.42 Å². The largest absolute Gasteiger partial charge is 0.508 e. The summed E-state index contributed by atoms with van der Waals surface area (Å²) in [6, 6.07) is 8.97. The van der Waals surface area contributed by atoms with Crippen molar-refractivity contribution >= 4 is 10.8 Å². The van der Waals surface area contributed by atoms with Gasteiger partial charge in [0.15, 0.2) is 0 Å². The third kappa shape index (κ3) is 2.69. The van der Waals surface area contributed by atoms with Gasteiger partial charge in [-0.3, -0.25) is 0 Å². The zero-order valence-corrected chi connectivity index (χ0v) is 11.5. The third-order valence-electron chi connectivity index (χ3n) is 2.83. The van der Waals surface area contributed by atoms with Crippen LogP contribution in [0.3, 0.4) is 0 Å². The highest BCUT2D eigenvalue weighted by Crippen LogP contribution is 2.29. The first-order valence-corrected chi connectivity index (χ1v) is 6.36. The summed E-state index contributed by atoms with van der Waals surface area (Å²) >= 11 is 0. The molecule has 0 atom stereocenters. The maximum absolute atomic E-state index is 9.62. The lowest BCUT2D eigenvalue weighted by molar-refractivity contribution is 0.475. The van der Waals surface area contributed by atoms with Gasteiger partial charge < -0.3 is 5.11 Å². The Morgan fingerprint density at radius 3 is 2.47 bits per heavy atom. The molecule has 1 N–H and O–H groups in total. The van der Waals surface area contributed by atoms with Crippen LogP contribution in [0.2, 0.25) is 0 Å². The fourth-order valence-corrected chi connectivity index (χ4v) is 2.06. The molecule has 19 heavy (non-hydrogen) atoms. The molecule has 2 nitrogen and oxygen atoms in total. The van der Waals surface area contributed by atoms with Gasteiger partial charge in [0.05, 0.1) is 11.1 Å². The van der Waals surface area contributed by atoms with E-state index in [9.17, 15) is 5.11 Å². The molecule has 0 aliphatic heterocycles. The summed E-state index contributed by atoms with van der Waals surface area (Å²) in [5.74, 6) is 2.80. The van der Waals surface area contributed by atoms with Crippen molar-refractivity contribution in [1.29, 1.82) is 5.26 Å². The predicted octanol–water partition coefficient (Wildman–Crippen LogP) is 3.99. The zero-order chi connectivity index (χ0) is 14.4. The molecule has 0 aromatic heterocycles. The van der Waals surface area contributed by atoms with Gasteiger partial charge in [-0.05, 0) is 35.6 Å². The van der Waals surface area contributed by atoms with Gasteiger partial charge in [0.1, 0.15) is 11.8 Å². The lowest BCUT2D eigenvalue weighted by atomic mass is 9.94. The second-order valence-corrected chi connectivity index (χ2v) is 3.80. The first-order valence-electron chi connectivity index (χ1n) is 6.36. The SMILES string of the molecule is C#Cc1c(C#N)ccc2cc(O)cc(CC)c12.CC. The van der Waals surface area contributed by atoms with Crippen LogP contribution in [0.15, 0.2) is 24.3 Å². The summed E-state index contributed by atoms with van der Waals surface area (Å²) in [4.78, 5) is 0. The van der Waals surface area contributed by atoms with Crippen LogP contribution in [-0.2, 0) is 6.42 Å². The van der Waals surface area contributed by atoms with Crippen molar-refractivity contribution in [1.82, 2.24) is 0 Å². The van der Waals surface area contributed by atoms with E-state index in [-0.39, 0.29) is 5.75 Å². The minimum Gasteiger partial charge on any atom is -0.508 e. The fraction of sp³-hybridized carbons (Fsp3) is 0.235. The Kier molecular flexibility index (Phi) is 4.98. The molecule has 0 amide bonds. The first-order chi connectivity index (χ1) is 9.21. The van der Waals surface area contributed by atoms with Crippen molar-refractivity contribution in [2.45, 2.75) is 27.2 Å². The number of benzene rings is 2. The maximum atomic E-state index is 9.62. The average molecular weight is 251 g/mol. The van der Waals surface area contributed by atoms with E-state index < -0.39 is 0 Å². The van der Waals surface area contributed by atoms with Gasteiger partial charge in [-0.1, -0.05) is 32.8 Å². The Labute approximate surface area is 114 Å². The van der Waals surface area contributed by atoms with E-state index in [1.165, 1.54) is 0 Å². The molecule has 2 rings (SSSR count). The van der Waals surface area contributed by atoms with Crippen molar-refractivity contribution in [2.75, 3.05) is 0 Å². The first kappa shape index (κ1) is 14.6. The van der Waals surface area contributed by atoms with Crippen LogP contribution < -0.4 is 0 Å². The topological polar surface area (TPSA) is 44.0 Å². The van der Waals surface area contributed by atoms with Crippen molar-refractivity contribution in [3.8, 4) is 24.2 Å². The molecule has 0 aliphatic carbocycles. The van der Waals surface area contributed by atoms with Crippen LogP contribution in [0.25, 0.3) is 10.8 Å². The molecule has 2 aromatic rings. The Balaban J connectivity index is 0.000000861. The minimum atomic E-state index is 0.224. The number of nitriles is 1. The molecular formula is C17H17NO. The van der Waals surface area contributed by atoms with Crippen LogP contribution in [0.1, 0.15) is 37.5 Å². The monoisotopic (exact) mass is 251 g/mol. The molecule has 0 aliphatic rings. The lowest BCUT2D eigenvalue weighted by Crippen LogP contribution is -1.91. The van der Waals surface area contributed by atoms with E-state index in [0.717, 1.165) is 22.8 Å². The number of phenols is 1. The van der Waals surface area contributed by atoms with Gasteiger partial charge in [-0.25, -0.2) is 0 Å². The number of aryl methyl sites for hydroxylation is 1. The van der Waals surface area contributed by atoms with Crippen molar-refractivity contribution < 1.29 is 5.11 Å². The van der Waals surface area contributed by atoms with Crippen LogP contribution in [0, 0.1) is 23.7 Å². The number of phenolic OH excluding ortho intramolecular Hbond substituents is 1. The van der Waals surface area contributed by atoms with Crippen LogP contribution in [-0.4, -0.2) is 5.11 Å². The Bertz CT molecular complexity index is 672. The molecule has 0 heterocycles. The van der Waals surface area contributed by atoms with Gasteiger partial charge in [0.2, 0.25) is 0 Å². The highest BCUT2D eigenvalue weighted by Gasteiger charge is 2.10. The molecule has 0 saturated carbocycles. The second kappa shape index (κ2) is 6.47. The molecular weight excluding hydrogens is 234 g/mol. The van der Waals surface area contributed by atoms with Gasteiger partial charge >= 0.3 is 0 Å². The number of rotatable bonds is 1. The molecule has 0 bridgehead atoms. The molecule has 2 heteroatoms. The molecule has 2 aromatic carbocycles. The molecule has 0 spiro atoms. The normalized spacial score (nSPS) is 9.11. The third-order valence-corrected chi connectivity index (χ3v) is 2.83. The zero-order valence-electron chi connectivity index (χ0n) is 11.5. The lowest BCUT2D eigenvalue weighted by Gasteiger charge is -2.09. The van der Waals surface area contributed by atoms with E-state index in [4.69, 9.17) is 11.7 Å². The summed E-state index contributed by atoms with van der Waals surface area (Å²) < 4.78 is 0. The van der Waals surface area contributed by atoms with Crippen LogP contribution in [0.4, 0.5) is 0 Å². The second-order valence-electron chi connectivity index (χ2n) is 3.80. The van der Waals surface area contributed by atoms with E-state index in [1.54, 1.807) is 18.2 Å². The Morgan fingerprint density at radius 2 is 1.95 bits per heavy atom. The van der Waals surface area contributed by atoms with Crippen LogP contribution >= 0.6 is 0 Å². The van der Waals surface area contributed by atoms with E-state index in [2.05, 4.69) is 12.0 Å². The highest BCUT2D eigenvalue weighted by molar-refractivity contribution is 5.94. The summed E-state index contributed by atoms with van der Waals surface area (Å²) in [5.41, 5.74) is 2.08. The molecule has 0 unspecified atom stereocenters. The minimum absolute atomic E-state index is 0.224. The highest BCUT2D eigenvalue weighted by atomic mass is 16.3. The Hall–Kier alpha value is -2.45. The van der Waals surface area contributed by atoms with Crippen molar-refractivity contribution in [3.05, 3.63) is 41.0 Å². The quantitative estimate of drug-likeness (QED) is 0.779.